The van der Waals surface area contributed by atoms with Crippen LogP contribution in [0.4, 0.5) is 0 Å². The lowest BCUT2D eigenvalue weighted by molar-refractivity contribution is -0.127. The fourth-order valence-corrected chi connectivity index (χ4v) is 2.95. The second-order valence-electron chi connectivity index (χ2n) is 6.09. The zero-order valence-electron chi connectivity index (χ0n) is 14.2. The molecule has 26 heavy (non-hydrogen) atoms. The first-order chi connectivity index (χ1) is 12.6. The number of nitrogens with zero attached hydrogens (tertiary/aromatic N) is 2. The van der Waals surface area contributed by atoms with E-state index in [-0.39, 0.29) is 12.3 Å². The van der Waals surface area contributed by atoms with Gasteiger partial charge in [-0.15, -0.1) is 0 Å². The van der Waals surface area contributed by atoms with E-state index in [2.05, 4.69) is 5.10 Å². The van der Waals surface area contributed by atoms with E-state index in [1.165, 1.54) is 5.01 Å². The number of amides is 1. The van der Waals surface area contributed by atoms with Crippen LogP contribution in [0.1, 0.15) is 22.3 Å². The smallest absolute Gasteiger partial charge is 0.343 e. The molecule has 3 aromatic rings. The number of carbonyl (C=O) groups excluding carboxylic acids is 2. The molecule has 5 nitrogen and oxygen atoms in total. The predicted octanol–water partition coefficient (Wildman–Crippen LogP) is 3.63. The van der Waals surface area contributed by atoms with Crippen LogP contribution in [0.5, 0.6) is 5.75 Å². The first-order valence-electron chi connectivity index (χ1n) is 8.26. The minimum absolute atomic E-state index is 0.0874. The third-order valence-corrected chi connectivity index (χ3v) is 4.34. The van der Waals surface area contributed by atoms with Crippen molar-refractivity contribution < 1.29 is 14.3 Å². The summed E-state index contributed by atoms with van der Waals surface area (Å²) in [6.45, 7) is 0. The van der Waals surface area contributed by atoms with Gasteiger partial charge in [-0.05, 0) is 35.0 Å². The molecule has 0 fully saturated rings. The summed E-state index contributed by atoms with van der Waals surface area (Å²) in [4.78, 5) is 24.4. The topological polar surface area (TPSA) is 59.0 Å². The summed E-state index contributed by atoms with van der Waals surface area (Å²) < 4.78 is 5.61. The lowest BCUT2D eigenvalue weighted by Crippen LogP contribution is -2.14. The average Bonchev–Trinajstić information content (AvgIpc) is 3.00. The zero-order valence-corrected chi connectivity index (χ0v) is 14.2. The molecule has 0 aromatic heterocycles. The Morgan fingerprint density at radius 2 is 1.73 bits per heavy atom. The standard InChI is InChI=1S/C21H16N2O3/c1-23-20(24)13-18(22-23)17-8-4-5-9-19(17)26-21(25)16-11-10-14-6-2-3-7-15(14)12-16/h2-12H,13H2,1H3. The van der Waals surface area contributed by atoms with E-state index in [0.29, 0.717) is 22.6 Å². The minimum atomic E-state index is -0.443. The minimum Gasteiger partial charge on any atom is -0.422 e. The summed E-state index contributed by atoms with van der Waals surface area (Å²) in [5.74, 6) is -0.135. The summed E-state index contributed by atoms with van der Waals surface area (Å²) in [5.41, 5.74) is 1.72. The number of hydrogen-bond donors (Lipinski definition) is 0. The van der Waals surface area contributed by atoms with Crippen LogP contribution in [0.3, 0.4) is 0 Å². The maximum absolute atomic E-state index is 12.6. The van der Waals surface area contributed by atoms with E-state index in [4.69, 9.17) is 4.74 Å². The first-order valence-corrected chi connectivity index (χ1v) is 8.26. The van der Waals surface area contributed by atoms with Crippen LogP contribution >= 0.6 is 0 Å². The number of carbonyl (C=O) groups is 2. The molecule has 0 unspecified atom stereocenters. The molecule has 0 N–H and O–H groups in total. The molecule has 128 valence electrons. The number of hydrogen-bond acceptors (Lipinski definition) is 4. The normalized spacial score (nSPS) is 13.8. The van der Waals surface area contributed by atoms with Crippen molar-refractivity contribution in [2.24, 2.45) is 5.10 Å². The highest BCUT2D eigenvalue weighted by atomic mass is 16.5. The fourth-order valence-electron chi connectivity index (χ4n) is 2.95. The molecule has 0 radical (unpaired) electrons. The average molecular weight is 344 g/mol. The van der Waals surface area contributed by atoms with E-state index in [1.807, 2.05) is 42.5 Å². The van der Waals surface area contributed by atoms with E-state index in [0.717, 1.165) is 10.8 Å². The van der Waals surface area contributed by atoms with E-state index in [1.54, 1.807) is 31.3 Å². The molecule has 0 atom stereocenters. The van der Waals surface area contributed by atoms with Crippen LogP contribution in [-0.2, 0) is 4.79 Å². The van der Waals surface area contributed by atoms with Crippen molar-refractivity contribution in [2.75, 3.05) is 7.05 Å². The molecule has 1 amide bonds. The van der Waals surface area contributed by atoms with Crippen molar-refractivity contribution in [1.82, 2.24) is 5.01 Å². The highest BCUT2D eigenvalue weighted by molar-refractivity contribution is 6.15. The number of benzene rings is 3. The Labute approximate surface area is 150 Å². The van der Waals surface area contributed by atoms with Crippen molar-refractivity contribution >= 4 is 28.4 Å². The molecule has 0 bridgehead atoms. The lowest BCUT2D eigenvalue weighted by Gasteiger charge is -2.10. The monoisotopic (exact) mass is 344 g/mol. The molecule has 1 aliphatic rings. The maximum atomic E-state index is 12.6. The Balaban J connectivity index is 1.64. The predicted molar refractivity (Wildman–Crippen MR) is 99.3 cm³/mol. The second kappa shape index (κ2) is 6.44. The Morgan fingerprint density at radius 3 is 2.50 bits per heavy atom. The van der Waals surface area contributed by atoms with E-state index < -0.39 is 5.97 Å². The van der Waals surface area contributed by atoms with Gasteiger partial charge in [-0.1, -0.05) is 42.5 Å². The van der Waals surface area contributed by atoms with Crippen LogP contribution in [-0.4, -0.2) is 29.6 Å². The SMILES string of the molecule is CN1N=C(c2ccccc2OC(=O)c2ccc3ccccc3c2)CC1=O. The van der Waals surface area contributed by atoms with Gasteiger partial charge in [0.05, 0.1) is 17.7 Å². The van der Waals surface area contributed by atoms with Crippen LogP contribution < -0.4 is 4.74 Å². The molecule has 0 saturated carbocycles. The molecular formula is C21H16N2O3. The van der Waals surface area contributed by atoms with Crippen molar-refractivity contribution in [1.29, 1.82) is 0 Å². The molecule has 1 aliphatic heterocycles. The lowest BCUT2D eigenvalue weighted by atomic mass is 10.1. The summed E-state index contributed by atoms with van der Waals surface area (Å²) in [5, 5.41) is 7.57. The van der Waals surface area contributed by atoms with Gasteiger partial charge < -0.3 is 4.74 Å². The number of esters is 1. The zero-order chi connectivity index (χ0) is 18.1. The van der Waals surface area contributed by atoms with Crippen molar-refractivity contribution in [3.8, 4) is 5.75 Å². The highest BCUT2D eigenvalue weighted by Crippen LogP contribution is 2.25. The van der Waals surface area contributed by atoms with Gasteiger partial charge in [-0.25, -0.2) is 9.80 Å². The summed E-state index contributed by atoms with van der Waals surface area (Å²) in [6.07, 6.45) is 0.195. The number of rotatable bonds is 3. The van der Waals surface area contributed by atoms with Gasteiger partial charge in [0.2, 0.25) is 5.91 Å². The number of fused-ring (bicyclic) bond motifs is 1. The Morgan fingerprint density at radius 1 is 1.00 bits per heavy atom. The molecule has 5 heteroatoms. The highest BCUT2D eigenvalue weighted by Gasteiger charge is 2.24. The summed E-state index contributed by atoms with van der Waals surface area (Å²) in [7, 11) is 1.61. The Bertz CT molecular complexity index is 1060. The van der Waals surface area contributed by atoms with Gasteiger partial charge in [0, 0.05) is 12.6 Å². The fraction of sp³-hybridized carbons (Fsp3) is 0.0952. The number of ether oxygens (including phenoxy) is 1. The van der Waals surface area contributed by atoms with Crippen molar-refractivity contribution in [3.05, 3.63) is 77.9 Å². The Hall–Kier alpha value is -3.47. The van der Waals surface area contributed by atoms with Gasteiger partial charge in [0.25, 0.3) is 0 Å². The molecule has 0 aliphatic carbocycles. The third-order valence-electron chi connectivity index (χ3n) is 4.34. The van der Waals surface area contributed by atoms with Gasteiger partial charge in [0.1, 0.15) is 5.75 Å². The second-order valence-corrected chi connectivity index (χ2v) is 6.09. The van der Waals surface area contributed by atoms with Crippen LogP contribution in [0.2, 0.25) is 0 Å². The van der Waals surface area contributed by atoms with Crippen LogP contribution in [0.25, 0.3) is 10.8 Å². The molecule has 4 rings (SSSR count). The van der Waals surface area contributed by atoms with Gasteiger partial charge in [0.15, 0.2) is 0 Å². The Kier molecular flexibility index (Phi) is 3.97. The van der Waals surface area contributed by atoms with Gasteiger partial charge >= 0.3 is 5.97 Å². The summed E-state index contributed by atoms with van der Waals surface area (Å²) >= 11 is 0. The van der Waals surface area contributed by atoms with Crippen LogP contribution in [0, 0.1) is 0 Å². The molecular weight excluding hydrogens is 328 g/mol. The number of para-hydroxylation sites is 1. The first kappa shape index (κ1) is 16.0. The van der Waals surface area contributed by atoms with E-state index >= 15 is 0 Å². The molecule has 3 aromatic carbocycles. The van der Waals surface area contributed by atoms with Crippen molar-refractivity contribution in [2.45, 2.75) is 6.42 Å². The largest absolute Gasteiger partial charge is 0.422 e. The van der Waals surface area contributed by atoms with Gasteiger partial charge in [-0.2, -0.15) is 5.10 Å². The van der Waals surface area contributed by atoms with Crippen molar-refractivity contribution in [3.63, 3.8) is 0 Å². The van der Waals surface area contributed by atoms with Gasteiger partial charge in [-0.3, -0.25) is 4.79 Å². The molecule has 1 heterocycles. The third kappa shape index (κ3) is 2.95. The maximum Gasteiger partial charge on any atom is 0.343 e. The molecule has 0 saturated heterocycles. The van der Waals surface area contributed by atoms with Crippen LogP contribution in [0.15, 0.2) is 71.8 Å². The summed E-state index contributed by atoms with van der Waals surface area (Å²) in [6, 6.07) is 20.4. The van der Waals surface area contributed by atoms with E-state index in [9.17, 15) is 9.59 Å². The quantitative estimate of drug-likeness (QED) is 0.538. The number of hydrazone groups is 1. The molecule has 0 spiro atoms.